The Balaban J connectivity index is 2.14. The smallest absolute Gasteiger partial charge is 0.329 e. The third kappa shape index (κ3) is 4.74. The fourth-order valence-electron chi connectivity index (χ4n) is 2.48. The molecule has 0 aromatic heterocycles. The van der Waals surface area contributed by atoms with Crippen molar-refractivity contribution in [1.29, 1.82) is 0 Å². The van der Waals surface area contributed by atoms with Crippen LogP contribution in [0.1, 0.15) is 19.4 Å². The zero-order valence-electron chi connectivity index (χ0n) is 15.4. The highest BCUT2D eigenvalue weighted by molar-refractivity contribution is 6.14. The van der Waals surface area contributed by atoms with E-state index >= 15 is 0 Å². The molecule has 1 fully saturated rings. The third-order valence-electron chi connectivity index (χ3n) is 3.86. The molecule has 1 aliphatic heterocycles. The molecular formula is C18H25N3O5. The molecule has 0 saturated carbocycles. The summed E-state index contributed by atoms with van der Waals surface area (Å²) in [6, 6.07) is 4.79. The number of imide groups is 1. The average molecular weight is 363 g/mol. The second-order valence-electron chi connectivity index (χ2n) is 6.23. The van der Waals surface area contributed by atoms with E-state index in [9.17, 15) is 14.7 Å². The number of benzene rings is 1. The van der Waals surface area contributed by atoms with E-state index < -0.39 is 18.0 Å². The number of carbonyl (C=O) groups excluding carboxylic acids is 2. The van der Waals surface area contributed by atoms with Crippen molar-refractivity contribution in [2.24, 2.45) is 0 Å². The van der Waals surface area contributed by atoms with E-state index in [4.69, 9.17) is 9.47 Å². The summed E-state index contributed by atoms with van der Waals surface area (Å²) < 4.78 is 10.4. The topological polar surface area (TPSA) is 100 Å². The molecule has 0 spiro atoms. The van der Waals surface area contributed by atoms with Crippen LogP contribution in [-0.4, -0.2) is 61.4 Å². The van der Waals surface area contributed by atoms with Gasteiger partial charge in [0.1, 0.15) is 17.2 Å². The molecule has 142 valence electrons. The summed E-state index contributed by atoms with van der Waals surface area (Å²) >= 11 is 0. The van der Waals surface area contributed by atoms with Crippen LogP contribution < -0.4 is 20.1 Å². The maximum Gasteiger partial charge on any atom is 0.329 e. The second-order valence-corrected chi connectivity index (χ2v) is 6.23. The average Bonchev–Trinajstić information content (AvgIpc) is 2.87. The number of methoxy groups -OCH3 is 2. The van der Waals surface area contributed by atoms with Gasteiger partial charge in [-0.1, -0.05) is 13.8 Å². The molecule has 1 saturated heterocycles. The lowest BCUT2D eigenvalue weighted by molar-refractivity contribution is -0.123. The van der Waals surface area contributed by atoms with Crippen LogP contribution in [0.2, 0.25) is 0 Å². The minimum absolute atomic E-state index is 0.0819. The van der Waals surface area contributed by atoms with E-state index in [2.05, 4.69) is 10.6 Å². The number of rotatable bonds is 8. The van der Waals surface area contributed by atoms with Crippen molar-refractivity contribution in [1.82, 2.24) is 15.5 Å². The number of hydrogen-bond donors (Lipinski definition) is 3. The maximum absolute atomic E-state index is 12.5. The number of hydrogen-bond acceptors (Lipinski definition) is 6. The molecule has 8 heteroatoms. The maximum atomic E-state index is 12.5. The first-order valence-corrected chi connectivity index (χ1v) is 8.33. The van der Waals surface area contributed by atoms with Crippen molar-refractivity contribution in [3.8, 4) is 11.5 Å². The SMILES string of the molecule is COc1ccc(C=C2NC(=O)N(CC(O)CNC(C)C)C2=O)c(OC)c1. The molecule has 3 N–H and O–H groups in total. The summed E-state index contributed by atoms with van der Waals surface area (Å²) in [5, 5.41) is 15.6. The number of β-amino-alcohol motifs (C(OH)–C–C–N with tert-alkyl or cyclic N) is 1. The number of amides is 3. The van der Waals surface area contributed by atoms with E-state index in [0.29, 0.717) is 23.6 Å². The summed E-state index contributed by atoms with van der Waals surface area (Å²) in [4.78, 5) is 25.6. The lowest BCUT2D eigenvalue weighted by atomic mass is 10.1. The zero-order chi connectivity index (χ0) is 19.3. The van der Waals surface area contributed by atoms with Crippen LogP contribution >= 0.6 is 0 Å². The Bertz CT molecular complexity index is 702. The largest absolute Gasteiger partial charge is 0.497 e. The molecule has 1 aromatic carbocycles. The lowest BCUT2D eigenvalue weighted by Gasteiger charge is -2.18. The number of urea groups is 1. The van der Waals surface area contributed by atoms with Gasteiger partial charge >= 0.3 is 6.03 Å². The van der Waals surface area contributed by atoms with Crippen LogP contribution in [0.25, 0.3) is 6.08 Å². The first-order chi connectivity index (χ1) is 12.3. The van der Waals surface area contributed by atoms with Crippen LogP contribution in [0, 0.1) is 0 Å². The third-order valence-corrected chi connectivity index (χ3v) is 3.86. The molecule has 3 amide bonds. The highest BCUT2D eigenvalue weighted by Crippen LogP contribution is 2.27. The first kappa shape index (κ1) is 19.7. The number of ether oxygens (including phenoxy) is 2. The fraction of sp³-hybridized carbons (Fsp3) is 0.444. The molecule has 1 aromatic rings. The van der Waals surface area contributed by atoms with Crippen LogP contribution in [0.15, 0.2) is 23.9 Å². The molecule has 8 nitrogen and oxygen atoms in total. The van der Waals surface area contributed by atoms with Gasteiger partial charge in [-0.15, -0.1) is 0 Å². The van der Waals surface area contributed by atoms with Crippen LogP contribution in [0.5, 0.6) is 11.5 Å². The van der Waals surface area contributed by atoms with E-state index in [1.165, 1.54) is 13.2 Å². The molecule has 26 heavy (non-hydrogen) atoms. The second kappa shape index (κ2) is 8.68. The van der Waals surface area contributed by atoms with Crippen LogP contribution in [0.3, 0.4) is 0 Å². The van der Waals surface area contributed by atoms with Gasteiger partial charge in [0.05, 0.1) is 26.9 Å². The van der Waals surface area contributed by atoms with Gasteiger partial charge in [-0.3, -0.25) is 9.69 Å². The monoisotopic (exact) mass is 363 g/mol. The Morgan fingerprint density at radius 1 is 1.27 bits per heavy atom. The van der Waals surface area contributed by atoms with Crippen molar-refractivity contribution in [2.75, 3.05) is 27.3 Å². The lowest BCUT2D eigenvalue weighted by Crippen LogP contribution is -2.42. The Labute approximate surface area is 152 Å². The molecule has 1 heterocycles. The molecule has 0 bridgehead atoms. The van der Waals surface area contributed by atoms with E-state index in [0.717, 1.165) is 4.90 Å². The molecule has 1 aliphatic rings. The summed E-state index contributed by atoms with van der Waals surface area (Å²) in [6.07, 6.45) is 0.694. The standard InChI is InChI=1S/C18H25N3O5/c1-11(2)19-9-13(22)10-21-17(23)15(20-18(21)24)7-12-5-6-14(25-3)8-16(12)26-4/h5-8,11,13,19,22H,9-10H2,1-4H3,(H,20,24). The Kier molecular flexibility index (Phi) is 6.59. The van der Waals surface area contributed by atoms with E-state index in [1.54, 1.807) is 25.3 Å². The summed E-state index contributed by atoms with van der Waals surface area (Å²) in [7, 11) is 3.06. The Morgan fingerprint density at radius 2 is 2.00 bits per heavy atom. The predicted molar refractivity (Wildman–Crippen MR) is 96.9 cm³/mol. The van der Waals surface area contributed by atoms with Gasteiger partial charge in [-0.25, -0.2) is 4.79 Å². The number of aliphatic hydroxyl groups excluding tert-OH is 1. The van der Waals surface area contributed by atoms with E-state index in [-0.39, 0.29) is 18.3 Å². The highest BCUT2D eigenvalue weighted by Gasteiger charge is 2.34. The predicted octanol–water partition coefficient (Wildman–Crippen LogP) is 0.955. The number of nitrogens with zero attached hydrogens (tertiary/aromatic N) is 1. The fourth-order valence-corrected chi connectivity index (χ4v) is 2.48. The molecule has 0 aliphatic carbocycles. The highest BCUT2D eigenvalue weighted by atomic mass is 16.5. The Morgan fingerprint density at radius 3 is 2.62 bits per heavy atom. The number of carbonyl (C=O) groups is 2. The molecule has 1 unspecified atom stereocenters. The summed E-state index contributed by atoms with van der Waals surface area (Å²) in [6.45, 7) is 4.11. The summed E-state index contributed by atoms with van der Waals surface area (Å²) in [5.74, 6) is 0.642. The quantitative estimate of drug-likeness (QED) is 0.470. The minimum atomic E-state index is -0.845. The van der Waals surface area contributed by atoms with Crippen molar-refractivity contribution >= 4 is 18.0 Å². The van der Waals surface area contributed by atoms with Crippen LogP contribution in [-0.2, 0) is 4.79 Å². The minimum Gasteiger partial charge on any atom is -0.497 e. The van der Waals surface area contributed by atoms with E-state index in [1.807, 2.05) is 13.8 Å². The van der Waals surface area contributed by atoms with Crippen molar-refractivity contribution in [2.45, 2.75) is 26.0 Å². The van der Waals surface area contributed by atoms with Crippen molar-refractivity contribution in [3.63, 3.8) is 0 Å². The van der Waals surface area contributed by atoms with Crippen molar-refractivity contribution < 1.29 is 24.2 Å². The van der Waals surface area contributed by atoms with Crippen molar-refractivity contribution in [3.05, 3.63) is 29.5 Å². The first-order valence-electron chi connectivity index (χ1n) is 8.33. The van der Waals surface area contributed by atoms with Gasteiger partial charge in [-0.2, -0.15) is 0 Å². The van der Waals surface area contributed by atoms with Gasteiger partial charge in [0.15, 0.2) is 0 Å². The Hall–Kier alpha value is -2.58. The molecule has 1 atom stereocenters. The van der Waals surface area contributed by atoms with Gasteiger partial charge in [0.25, 0.3) is 5.91 Å². The number of nitrogens with one attached hydrogen (secondary N) is 2. The normalized spacial score (nSPS) is 17.0. The van der Waals surface area contributed by atoms with Gasteiger partial charge in [0.2, 0.25) is 0 Å². The van der Waals surface area contributed by atoms with Gasteiger partial charge in [0, 0.05) is 24.2 Å². The summed E-state index contributed by atoms with van der Waals surface area (Å²) in [5.41, 5.74) is 0.753. The van der Waals surface area contributed by atoms with Gasteiger partial charge < -0.3 is 25.2 Å². The molecular weight excluding hydrogens is 338 g/mol. The molecule has 0 radical (unpaired) electrons. The molecule has 2 rings (SSSR count). The number of aliphatic hydroxyl groups is 1. The van der Waals surface area contributed by atoms with Crippen LogP contribution in [0.4, 0.5) is 4.79 Å². The van der Waals surface area contributed by atoms with Gasteiger partial charge in [-0.05, 0) is 18.2 Å². The zero-order valence-corrected chi connectivity index (χ0v) is 15.4.